The molecule has 1 heterocycles. The number of benzene rings is 1. The number of nitrogens with zero attached hydrogens (tertiary/aromatic N) is 1. The van der Waals surface area contributed by atoms with Crippen molar-refractivity contribution in [1.29, 1.82) is 0 Å². The third kappa shape index (κ3) is 1.42. The van der Waals surface area contributed by atoms with Crippen LogP contribution in [0.4, 0.5) is 5.69 Å². The van der Waals surface area contributed by atoms with E-state index in [0.29, 0.717) is 0 Å². The second kappa shape index (κ2) is 3.66. The highest BCUT2D eigenvalue weighted by molar-refractivity contribution is 6.33. The van der Waals surface area contributed by atoms with Gasteiger partial charge in [-0.15, -0.1) is 0 Å². The van der Waals surface area contributed by atoms with Crippen LogP contribution in [-0.2, 0) is 6.42 Å². The van der Waals surface area contributed by atoms with Crippen molar-refractivity contribution in [1.82, 2.24) is 0 Å². The van der Waals surface area contributed by atoms with E-state index in [1.807, 2.05) is 12.1 Å². The van der Waals surface area contributed by atoms with Crippen LogP contribution in [0.5, 0.6) is 0 Å². The first kappa shape index (κ1) is 9.60. The van der Waals surface area contributed by atoms with Crippen molar-refractivity contribution in [3.05, 3.63) is 40.6 Å². The van der Waals surface area contributed by atoms with Crippen molar-refractivity contribution >= 4 is 17.3 Å². The lowest BCUT2D eigenvalue weighted by Gasteiger charge is -2.20. The molecule has 0 fully saturated rings. The van der Waals surface area contributed by atoms with Crippen LogP contribution in [0, 0.1) is 0 Å². The molecule has 0 saturated heterocycles. The molecular formula is C12H14ClN. The lowest BCUT2D eigenvalue weighted by atomic mass is 10.2. The van der Waals surface area contributed by atoms with E-state index in [4.69, 9.17) is 11.6 Å². The summed E-state index contributed by atoms with van der Waals surface area (Å²) in [5.41, 5.74) is 3.83. The average molecular weight is 208 g/mol. The van der Waals surface area contributed by atoms with Crippen LogP contribution >= 0.6 is 11.6 Å². The summed E-state index contributed by atoms with van der Waals surface area (Å²) in [5, 5.41) is 0.862. The predicted molar refractivity (Wildman–Crippen MR) is 61.9 cm³/mol. The van der Waals surface area contributed by atoms with Gasteiger partial charge in [0.1, 0.15) is 0 Å². The Balaban J connectivity index is 2.48. The first-order chi connectivity index (χ1) is 6.74. The van der Waals surface area contributed by atoms with E-state index >= 15 is 0 Å². The first-order valence-electron chi connectivity index (χ1n) is 4.92. The fraction of sp³-hybridized carbons (Fsp3) is 0.333. The average Bonchev–Trinajstić information content (AvgIpc) is 2.62. The van der Waals surface area contributed by atoms with Gasteiger partial charge in [0.15, 0.2) is 0 Å². The normalized spacial score (nSPS) is 15.9. The molecule has 0 amide bonds. The molecule has 2 rings (SSSR count). The highest BCUT2D eigenvalue weighted by atomic mass is 35.5. The van der Waals surface area contributed by atoms with Gasteiger partial charge in [0.05, 0.1) is 10.7 Å². The first-order valence-corrected chi connectivity index (χ1v) is 5.29. The Labute approximate surface area is 90.0 Å². The lowest BCUT2D eigenvalue weighted by Crippen LogP contribution is -2.17. The van der Waals surface area contributed by atoms with E-state index in [-0.39, 0.29) is 0 Å². The maximum Gasteiger partial charge on any atom is 0.0645 e. The molecule has 0 unspecified atom stereocenters. The number of halogens is 1. The summed E-state index contributed by atoms with van der Waals surface area (Å²) in [6, 6.07) is 6.14. The number of allylic oxidation sites excluding steroid dienone is 2. The second-order valence-electron chi connectivity index (χ2n) is 3.58. The number of hydrogen-bond donors (Lipinski definition) is 0. The molecule has 14 heavy (non-hydrogen) atoms. The van der Waals surface area contributed by atoms with Crippen LogP contribution < -0.4 is 4.90 Å². The maximum absolute atomic E-state index is 6.20. The molecule has 0 radical (unpaired) electrons. The van der Waals surface area contributed by atoms with Crippen LogP contribution in [0.15, 0.2) is 30.0 Å². The Hall–Kier alpha value is -0.950. The van der Waals surface area contributed by atoms with Gasteiger partial charge in [0, 0.05) is 12.2 Å². The molecule has 0 atom stereocenters. The van der Waals surface area contributed by atoms with Crippen LogP contribution in [0.3, 0.4) is 0 Å². The lowest BCUT2D eigenvalue weighted by molar-refractivity contribution is 0.942. The van der Waals surface area contributed by atoms with Gasteiger partial charge in [-0.2, -0.15) is 0 Å². The fourth-order valence-corrected chi connectivity index (χ4v) is 2.21. The van der Waals surface area contributed by atoms with E-state index in [1.165, 1.54) is 16.9 Å². The van der Waals surface area contributed by atoms with Crippen LogP contribution in [0.1, 0.15) is 19.4 Å². The molecule has 1 aliphatic rings. The van der Waals surface area contributed by atoms with Gasteiger partial charge < -0.3 is 4.90 Å². The zero-order valence-corrected chi connectivity index (χ0v) is 9.30. The Morgan fingerprint density at radius 1 is 1.50 bits per heavy atom. The van der Waals surface area contributed by atoms with Gasteiger partial charge in [0.2, 0.25) is 0 Å². The molecule has 0 aromatic heterocycles. The fourth-order valence-electron chi connectivity index (χ4n) is 1.92. The van der Waals surface area contributed by atoms with E-state index in [2.05, 4.69) is 30.9 Å². The van der Waals surface area contributed by atoms with Crippen molar-refractivity contribution < 1.29 is 0 Å². The highest BCUT2D eigenvalue weighted by Crippen LogP contribution is 2.36. The summed E-state index contributed by atoms with van der Waals surface area (Å²) in [4.78, 5) is 2.29. The van der Waals surface area contributed by atoms with Gasteiger partial charge in [-0.25, -0.2) is 0 Å². The molecule has 0 N–H and O–H groups in total. The molecule has 1 nitrogen and oxygen atoms in total. The van der Waals surface area contributed by atoms with Crippen molar-refractivity contribution in [2.75, 3.05) is 11.4 Å². The highest BCUT2D eigenvalue weighted by Gasteiger charge is 2.21. The number of fused-ring (bicyclic) bond motifs is 1. The van der Waals surface area contributed by atoms with Crippen LogP contribution in [0.2, 0.25) is 5.02 Å². The summed E-state index contributed by atoms with van der Waals surface area (Å²) in [6.45, 7) is 5.23. The third-order valence-corrected chi connectivity index (χ3v) is 3.09. The van der Waals surface area contributed by atoms with Gasteiger partial charge in [0.25, 0.3) is 0 Å². The molecule has 2 heteroatoms. The van der Waals surface area contributed by atoms with Gasteiger partial charge in [-0.1, -0.05) is 29.8 Å². The van der Waals surface area contributed by atoms with Crippen molar-refractivity contribution in [2.45, 2.75) is 20.3 Å². The zero-order chi connectivity index (χ0) is 10.1. The minimum Gasteiger partial charge on any atom is -0.344 e. The SMILES string of the molecule is C/C=C(/C)N1CCc2cccc(Cl)c21. The van der Waals surface area contributed by atoms with Crippen LogP contribution in [-0.4, -0.2) is 6.54 Å². The van der Waals surface area contributed by atoms with E-state index < -0.39 is 0 Å². The Morgan fingerprint density at radius 2 is 2.29 bits per heavy atom. The monoisotopic (exact) mass is 207 g/mol. The number of rotatable bonds is 1. The maximum atomic E-state index is 6.20. The molecule has 0 saturated carbocycles. The summed E-state index contributed by atoms with van der Waals surface area (Å²) in [7, 11) is 0. The molecule has 1 aromatic rings. The van der Waals surface area contributed by atoms with Gasteiger partial charge in [-0.05, 0) is 31.9 Å². The van der Waals surface area contributed by atoms with E-state index in [1.54, 1.807) is 0 Å². The molecule has 0 aliphatic carbocycles. The van der Waals surface area contributed by atoms with E-state index in [9.17, 15) is 0 Å². The third-order valence-electron chi connectivity index (χ3n) is 2.79. The Kier molecular flexibility index (Phi) is 2.51. The summed E-state index contributed by atoms with van der Waals surface area (Å²) < 4.78 is 0. The molecule has 1 aromatic carbocycles. The standard InChI is InChI=1S/C12H14ClN/c1-3-9(2)14-8-7-10-5-4-6-11(13)12(10)14/h3-6H,7-8H2,1-2H3/b9-3-. The summed E-state index contributed by atoms with van der Waals surface area (Å²) >= 11 is 6.20. The largest absolute Gasteiger partial charge is 0.344 e. The Bertz CT molecular complexity index is 382. The summed E-state index contributed by atoms with van der Waals surface area (Å²) in [6.07, 6.45) is 3.22. The summed E-state index contributed by atoms with van der Waals surface area (Å²) in [5.74, 6) is 0. The Morgan fingerprint density at radius 3 is 3.00 bits per heavy atom. The van der Waals surface area contributed by atoms with Crippen molar-refractivity contribution in [3.8, 4) is 0 Å². The smallest absolute Gasteiger partial charge is 0.0645 e. The molecular weight excluding hydrogens is 194 g/mol. The molecule has 0 spiro atoms. The molecule has 0 bridgehead atoms. The predicted octanol–water partition coefficient (Wildman–Crippen LogP) is 3.63. The van der Waals surface area contributed by atoms with Crippen LogP contribution in [0.25, 0.3) is 0 Å². The minimum absolute atomic E-state index is 0.862. The molecule has 74 valence electrons. The quantitative estimate of drug-likeness (QED) is 0.680. The van der Waals surface area contributed by atoms with Gasteiger partial charge in [-0.3, -0.25) is 0 Å². The van der Waals surface area contributed by atoms with Gasteiger partial charge >= 0.3 is 0 Å². The van der Waals surface area contributed by atoms with Crippen molar-refractivity contribution in [2.24, 2.45) is 0 Å². The number of anilines is 1. The molecule has 1 aliphatic heterocycles. The second-order valence-corrected chi connectivity index (χ2v) is 3.99. The topological polar surface area (TPSA) is 3.24 Å². The van der Waals surface area contributed by atoms with Crippen molar-refractivity contribution in [3.63, 3.8) is 0 Å². The number of para-hydroxylation sites is 1. The zero-order valence-electron chi connectivity index (χ0n) is 8.55. The van der Waals surface area contributed by atoms with E-state index in [0.717, 1.165) is 18.0 Å². The minimum atomic E-state index is 0.862. The number of hydrogen-bond acceptors (Lipinski definition) is 1.